The van der Waals surface area contributed by atoms with Gasteiger partial charge in [0.1, 0.15) is 0 Å². The highest BCUT2D eigenvalue weighted by Gasteiger charge is 2.31. The molecule has 1 aliphatic heterocycles. The van der Waals surface area contributed by atoms with E-state index >= 15 is 0 Å². The van der Waals surface area contributed by atoms with Crippen LogP contribution in [0.5, 0.6) is 0 Å². The van der Waals surface area contributed by atoms with Crippen molar-refractivity contribution < 1.29 is 0 Å². The molecule has 0 N–H and O–H groups in total. The SMILES string of the molecule is CCB1N(Cc2ccccc2)CCCN1Cc1ccccc1. The lowest BCUT2D eigenvalue weighted by molar-refractivity contribution is 0.270. The molecule has 0 aliphatic carbocycles. The van der Waals surface area contributed by atoms with E-state index in [-0.39, 0.29) is 0 Å². The van der Waals surface area contributed by atoms with Crippen molar-refractivity contribution >= 4 is 6.98 Å². The second-order valence-corrected chi connectivity index (χ2v) is 6.15. The van der Waals surface area contributed by atoms with Gasteiger partial charge in [0.2, 0.25) is 0 Å². The van der Waals surface area contributed by atoms with Crippen molar-refractivity contribution in [1.29, 1.82) is 0 Å². The third kappa shape index (κ3) is 3.79. The van der Waals surface area contributed by atoms with Gasteiger partial charge in [-0.15, -0.1) is 0 Å². The predicted octanol–water partition coefficient (Wildman–Crippen LogP) is 3.90. The smallest absolute Gasteiger partial charge is 0.311 e. The first kappa shape index (κ1) is 15.3. The molecule has 114 valence electrons. The van der Waals surface area contributed by atoms with Gasteiger partial charge >= 0.3 is 6.98 Å². The number of nitrogens with zero attached hydrogens (tertiary/aromatic N) is 2. The summed E-state index contributed by atoms with van der Waals surface area (Å²) >= 11 is 0. The van der Waals surface area contributed by atoms with E-state index in [1.807, 2.05) is 0 Å². The maximum absolute atomic E-state index is 2.64. The maximum atomic E-state index is 2.64. The highest BCUT2D eigenvalue weighted by Crippen LogP contribution is 2.19. The van der Waals surface area contributed by atoms with Gasteiger partial charge in [-0.05, 0) is 37.0 Å². The average molecular weight is 292 g/mol. The largest absolute Gasteiger partial charge is 0.324 e. The molecule has 0 spiro atoms. The predicted molar refractivity (Wildman–Crippen MR) is 94.6 cm³/mol. The molecule has 0 aromatic heterocycles. The molecular weight excluding hydrogens is 267 g/mol. The molecule has 0 radical (unpaired) electrons. The van der Waals surface area contributed by atoms with Gasteiger partial charge in [-0.3, -0.25) is 0 Å². The Balaban J connectivity index is 1.69. The fraction of sp³-hybridized carbons (Fsp3) is 0.368. The molecule has 3 rings (SSSR count). The highest BCUT2D eigenvalue weighted by atomic mass is 15.2. The van der Waals surface area contributed by atoms with Crippen molar-refractivity contribution in [2.24, 2.45) is 0 Å². The number of rotatable bonds is 5. The molecule has 3 heteroatoms. The van der Waals surface area contributed by atoms with E-state index in [0.717, 1.165) is 13.1 Å². The van der Waals surface area contributed by atoms with Crippen molar-refractivity contribution in [3.8, 4) is 0 Å². The molecule has 2 aromatic rings. The standard InChI is InChI=1S/C19H25BN2/c1-2-20-21(16-18-10-5-3-6-11-18)14-9-15-22(20)17-19-12-7-4-8-13-19/h3-8,10-13H,2,9,14-17H2,1H3. The lowest BCUT2D eigenvalue weighted by atomic mass is 9.66. The van der Waals surface area contributed by atoms with Crippen LogP contribution in [0.25, 0.3) is 0 Å². The van der Waals surface area contributed by atoms with E-state index in [2.05, 4.69) is 77.2 Å². The summed E-state index contributed by atoms with van der Waals surface area (Å²) in [6, 6.07) is 21.7. The van der Waals surface area contributed by atoms with Crippen LogP contribution in [-0.4, -0.2) is 29.7 Å². The van der Waals surface area contributed by atoms with E-state index < -0.39 is 0 Å². The van der Waals surface area contributed by atoms with Crippen molar-refractivity contribution in [2.45, 2.75) is 32.8 Å². The van der Waals surface area contributed by atoms with Gasteiger partial charge in [0.05, 0.1) is 0 Å². The Bertz CT molecular complexity index is 509. The van der Waals surface area contributed by atoms with Gasteiger partial charge in [-0.1, -0.05) is 67.6 Å². The Morgan fingerprint density at radius 1 is 0.773 bits per heavy atom. The Kier molecular flexibility index (Phi) is 5.31. The Hall–Kier alpha value is -1.58. The second kappa shape index (κ2) is 7.62. The van der Waals surface area contributed by atoms with Crippen LogP contribution in [0.4, 0.5) is 0 Å². The van der Waals surface area contributed by atoms with Crippen molar-refractivity contribution in [3.63, 3.8) is 0 Å². The van der Waals surface area contributed by atoms with Crippen LogP contribution in [0.15, 0.2) is 60.7 Å². The summed E-state index contributed by atoms with van der Waals surface area (Å²) in [4.78, 5) is 5.28. The van der Waals surface area contributed by atoms with Crippen LogP contribution < -0.4 is 0 Å². The lowest BCUT2D eigenvalue weighted by Crippen LogP contribution is -2.56. The van der Waals surface area contributed by atoms with Crippen LogP contribution in [0, 0.1) is 0 Å². The van der Waals surface area contributed by atoms with Crippen molar-refractivity contribution in [3.05, 3.63) is 71.8 Å². The van der Waals surface area contributed by atoms with Gasteiger partial charge in [0, 0.05) is 13.1 Å². The summed E-state index contributed by atoms with van der Waals surface area (Å²) in [5, 5.41) is 0. The number of hydrogen-bond acceptors (Lipinski definition) is 2. The fourth-order valence-electron chi connectivity index (χ4n) is 3.53. The van der Waals surface area contributed by atoms with Gasteiger partial charge in [-0.25, -0.2) is 0 Å². The Labute approximate surface area is 134 Å². The maximum Gasteiger partial charge on any atom is 0.311 e. The van der Waals surface area contributed by atoms with Gasteiger partial charge in [0.25, 0.3) is 0 Å². The monoisotopic (exact) mass is 292 g/mol. The summed E-state index contributed by atoms with van der Waals surface area (Å²) in [5.41, 5.74) is 2.84. The summed E-state index contributed by atoms with van der Waals surface area (Å²) < 4.78 is 0. The molecule has 0 amide bonds. The fourth-order valence-corrected chi connectivity index (χ4v) is 3.53. The molecule has 2 nitrogen and oxygen atoms in total. The first-order valence-electron chi connectivity index (χ1n) is 8.43. The molecule has 1 aliphatic rings. The topological polar surface area (TPSA) is 6.48 Å². The number of hydrogen-bond donors (Lipinski definition) is 0. The lowest BCUT2D eigenvalue weighted by Gasteiger charge is -2.41. The van der Waals surface area contributed by atoms with Crippen molar-refractivity contribution in [1.82, 2.24) is 9.62 Å². The van der Waals surface area contributed by atoms with Crippen LogP contribution in [0.3, 0.4) is 0 Å². The summed E-state index contributed by atoms with van der Waals surface area (Å²) in [6.45, 7) is 7.40. The quantitative estimate of drug-likeness (QED) is 0.771. The summed E-state index contributed by atoms with van der Waals surface area (Å²) in [6.07, 6.45) is 2.44. The molecular formula is C19H25BN2. The highest BCUT2D eigenvalue weighted by molar-refractivity contribution is 6.52. The van der Waals surface area contributed by atoms with E-state index in [4.69, 9.17) is 0 Å². The molecule has 0 atom stereocenters. The zero-order valence-corrected chi connectivity index (χ0v) is 13.5. The Morgan fingerprint density at radius 3 is 1.64 bits per heavy atom. The molecule has 0 unspecified atom stereocenters. The minimum absolute atomic E-state index is 0.550. The van der Waals surface area contributed by atoms with Crippen molar-refractivity contribution in [2.75, 3.05) is 13.1 Å². The van der Waals surface area contributed by atoms with E-state index in [0.29, 0.717) is 6.98 Å². The first-order chi connectivity index (χ1) is 10.9. The minimum Gasteiger partial charge on any atom is -0.324 e. The van der Waals surface area contributed by atoms with E-state index in [1.165, 1.54) is 37.0 Å². The van der Waals surface area contributed by atoms with E-state index in [1.54, 1.807) is 0 Å². The summed E-state index contributed by atoms with van der Waals surface area (Å²) in [5.74, 6) is 0. The molecule has 22 heavy (non-hydrogen) atoms. The number of benzene rings is 2. The molecule has 0 bridgehead atoms. The molecule has 1 heterocycles. The van der Waals surface area contributed by atoms with Crippen LogP contribution in [0.2, 0.25) is 6.32 Å². The van der Waals surface area contributed by atoms with Gasteiger partial charge in [-0.2, -0.15) is 0 Å². The Morgan fingerprint density at radius 2 is 1.23 bits per heavy atom. The zero-order valence-electron chi connectivity index (χ0n) is 13.5. The third-order valence-corrected chi connectivity index (χ3v) is 4.56. The van der Waals surface area contributed by atoms with Crippen LogP contribution >= 0.6 is 0 Å². The third-order valence-electron chi connectivity index (χ3n) is 4.56. The summed E-state index contributed by atoms with van der Waals surface area (Å²) in [7, 11) is 0. The first-order valence-corrected chi connectivity index (χ1v) is 8.43. The normalized spacial score (nSPS) is 16.9. The molecule has 1 fully saturated rings. The second-order valence-electron chi connectivity index (χ2n) is 6.15. The molecule has 1 saturated heterocycles. The van der Waals surface area contributed by atoms with Gasteiger partial charge < -0.3 is 9.62 Å². The van der Waals surface area contributed by atoms with Gasteiger partial charge in [0.15, 0.2) is 0 Å². The van der Waals surface area contributed by atoms with Crippen LogP contribution in [-0.2, 0) is 13.1 Å². The average Bonchev–Trinajstić information content (AvgIpc) is 2.57. The van der Waals surface area contributed by atoms with Crippen LogP contribution in [0.1, 0.15) is 24.5 Å². The molecule has 0 saturated carbocycles. The zero-order chi connectivity index (χ0) is 15.2. The van der Waals surface area contributed by atoms with E-state index in [9.17, 15) is 0 Å². The minimum atomic E-state index is 0.550. The molecule has 2 aromatic carbocycles.